The topological polar surface area (TPSA) is 56.6 Å². The maximum Gasteiger partial charge on any atom is 0.146 e. The Kier molecular flexibility index (Phi) is 7.56. The van der Waals surface area contributed by atoms with Gasteiger partial charge >= 0.3 is 0 Å². The lowest BCUT2D eigenvalue weighted by molar-refractivity contribution is -0.111. The highest BCUT2D eigenvalue weighted by atomic mass is 16.5. The van der Waals surface area contributed by atoms with E-state index < -0.39 is 6.04 Å². The summed E-state index contributed by atoms with van der Waals surface area (Å²) in [5, 5.41) is 6.23. The second-order valence-electron chi connectivity index (χ2n) is 10.7. The van der Waals surface area contributed by atoms with Gasteiger partial charge in [0.05, 0.1) is 18.2 Å². The molecule has 6 nitrogen and oxygen atoms in total. The van der Waals surface area contributed by atoms with Crippen molar-refractivity contribution in [2.75, 3.05) is 30.9 Å². The van der Waals surface area contributed by atoms with Crippen LogP contribution in [0.25, 0.3) is 0 Å². The molecule has 0 radical (unpaired) electrons. The van der Waals surface area contributed by atoms with Gasteiger partial charge < -0.3 is 30.0 Å². The second-order valence-corrected chi connectivity index (χ2v) is 10.7. The number of aldehydes is 1. The van der Waals surface area contributed by atoms with E-state index in [1.54, 1.807) is 0 Å². The Morgan fingerprint density at radius 3 is 2.46 bits per heavy atom. The van der Waals surface area contributed by atoms with E-state index in [4.69, 9.17) is 4.74 Å². The lowest BCUT2D eigenvalue weighted by atomic mass is 9.74. The zero-order chi connectivity index (χ0) is 27.6. The third-order valence-corrected chi connectivity index (χ3v) is 8.81. The van der Waals surface area contributed by atoms with Gasteiger partial charge in [-0.1, -0.05) is 25.3 Å². The molecule has 0 bridgehead atoms. The molecule has 2 N–H and O–H groups in total. The Hall–Kier alpha value is -3.93. The molecule has 2 aliphatic carbocycles. The normalized spacial score (nSPS) is 24.4. The maximum absolute atomic E-state index is 11.6. The van der Waals surface area contributed by atoms with Crippen molar-refractivity contribution in [3.63, 3.8) is 0 Å². The highest BCUT2D eigenvalue weighted by Crippen LogP contribution is 2.67. The number of anilines is 2. The van der Waals surface area contributed by atoms with Crippen LogP contribution >= 0.6 is 0 Å². The van der Waals surface area contributed by atoms with Gasteiger partial charge in [0, 0.05) is 48.6 Å². The third-order valence-electron chi connectivity index (χ3n) is 8.81. The predicted molar refractivity (Wildman–Crippen MR) is 160 cm³/mol. The summed E-state index contributed by atoms with van der Waals surface area (Å²) in [5.74, 6) is 1.81. The molecule has 2 aliphatic heterocycles. The van der Waals surface area contributed by atoms with E-state index >= 15 is 0 Å². The number of rotatable bonds is 9. The predicted octanol–water partition coefficient (Wildman–Crippen LogP) is 6.19. The largest absolute Gasteiger partial charge is 0.494 e. The van der Waals surface area contributed by atoms with Crippen molar-refractivity contribution in [2.45, 2.75) is 50.2 Å². The molecule has 204 valence electrons. The van der Waals surface area contributed by atoms with Gasteiger partial charge in [-0.15, -0.1) is 0 Å². The van der Waals surface area contributed by atoms with Crippen LogP contribution in [0.5, 0.6) is 5.75 Å². The van der Waals surface area contributed by atoms with Gasteiger partial charge in [0.2, 0.25) is 0 Å². The van der Waals surface area contributed by atoms with Crippen LogP contribution < -0.4 is 20.3 Å². The first-order valence-electron chi connectivity index (χ1n) is 13.9. The number of benzene rings is 2. The number of hydrogen-bond acceptors (Lipinski definition) is 6. The third kappa shape index (κ3) is 4.96. The Morgan fingerprint density at radius 1 is 1.18 bits per heavy atom. The van der Waals surface area contributed by atoms with Gasteiger partial charge in [0.25, 0.3) is 0 Å². The summed E-state index contributed by atoms with van der Waals surface area (Å²) in [5.41, 5.74) is 6.66. The molecular formula is C33H40N4O2. The zero-order valence-corrected chi connectivity index (χ0v) is 23.3. The van der Waals surface area contributed by atoms with Gasteiger partial charge in [-0.25, -0.2) is 0 Å². The molecule has 0 amide bonds. The van der Waals surface area contributed by atoms with Crippen molar-refractivity contribution in [1.29, 1.82) is 0 Å². The first kappa shape index (κ1) is 26.7. The quantitative estimate of drug-likeness (QED) is 0.302. The first-order chi connectivity index (χ1) is 18.9. The fourth-order valence-corrected chi connectivity index (χ4v) is 6.48. The molecule has 0 aromatic heterocycles. The second kappa shape index (κ2) is 11.0. The maximum atomic E-state index is 11.6. The molecule has 2 aromatic rings. The van der Waals surface area contributed by atoms with Gasteiger partial charge in [0.1, 0.15) is 18.1 Å². The van der Waals surface area contributed by atoms with Crippen molar-refractivity contribution >= 4 is 17.7 Å². The highest BCUT2D eigenvalue weighted by molar-refractivity contribution is 5.66. The van der Waals surface area contributed by atoms with Gasteiger partial charge in [-0.2, -0.15) is 0 Å². The highest BCUT2D eigenvalue weighted by Gasteiger charge is 2.73. The molecular weight excluding hydrogens is 484 g/mol. The molecule has 4 atom stereocenters. The number of nitrogens with one attached hydrogen (secondary N) is 2. The SMILES string of the molecule is C=C1C=CC(C(=C)N(C)C(C=O)c2ccc(OCC)cc2)=CN1.CNc1ccc(N2C3CCC4CCC432)cc1. The van der Waals surface area contributed by atoms with Crippen molar-refractivity contribution in [3.05, 3.63) is 103 Å². The molecule has 6 rings (SSSR count). The molecule has 2 heterocycles. The molecule has 4 aliphatic rings. The fraction of sp³-hybridized carbons (Fsp3) is 0.364. The van der Waals surface area contributed by atoms with Crippen LogP contribution in [-0.2, 0) is 4.79 Å². The van der Waals surface area contributed by atoms with Crippen LogP contribution in [0.4, 0.5) is 11.4 Å². The number of carbonyl (C=O) groups is 1. The van der Waals surface area contributed by atoms with E-state index in [0.29, 0.717) is 12.1 Å². The summed E-state index contributed by atoms with van der Waals surface area (Å²) in [6.45, 7) is 10.5. The van der Waals surface area contributed by atoms with Gasteiger partial charge in [-0.3, -0.25) is 0 Å². The average molecular weight is 525 g/mol. The summed E-state index contributed by atoms with van der Waals surface area (Å²) in [6, 6.07) is 16.9. The van der Waals surface area contributed by atoms with Crippen LogP contribution in [0, 0.1) is 5.92 Å². The van der Waals surface area contributed by atoms with Crippen LogP contribution in [0.2, 0.25) is 0 Å². The molecule has 2 aromatic carbocycles. The molecule has 3 fully saturated rings. The van der Waals surface area contributed by atoms with Crippen molar-refractivity contribution < 1.29 is 9.53 Å². The van der Waals surface area contributed by atoms with Gasteiger partial charge in [0.15, 0.2) is 0 Å². The minimum atomic E-state index is -0.405. The molecule has 39 heavy (non-hydrogen) atoms. The van der Waals surface area contributed by atoms with E-state index in [0.717, 1.165) is 46.5 Å². The summed E-state index contributed by atoms with van der Waals surface area (Å²) in [4.78, 5) is 16.2. The smallest absolute Gasteiger partial charge is 0.146 e. The number of ether oxygens (including phenoxy) is 1. The Morgan fingerprint density at radius 2 is 1.92 bits per heavy atom. The van der Waals surface area contributed by atoms with E-state index in [2.05, 4.69) is 53.0 Å². The Labute approximate surface area is 232 Å². The molecule has 1 saturated heterocycles. The minimum absolute atomic E-state index is 0.405. The van der Waals surface area contributed by atoms with Crippen LogP contribution in [0.15, 0.2) is 97.0 Å². The first-order valence-corrected chi connectivity index (χ1v) is 13.9. The number of nitrogens with zero attached hydrogens (tertiary/aromatic N) is 2. The number of likely N-dealkylation sites (N-methyl/N-ethyl adjacent to an activating group) is 1. The molecule has 2 saturated carbocycles. The summed E-state index contributed by atoms with van der Waals surface area (Å²) in [6.07, 6.45) is 12.4. The van der Waals surface area contributed by atoms with E-state index in [9.17, 15) is 4.79 Å². The van der Waals surface area contributed by atoms with Gasteiger partial charge in [-0.05, 0) is 92.6 Å². The molecule has 6 heteroatoms. The minimum Gasteiger partial charge on any atom is -0.494 e. The standard InChI is InChI=1S/C19H22N2O2.C14H18N2/c1-5-23-18-10-8-16(9-11-18)19(13-22)21(4)15(3)17-7-6-14(2)20-12-17;1-15-11-3-5-12(6-4-11)16-13-7-2-10-8-9-14(10,13)16/h6-13,19-20H,2-3,5H2,1,4H3;3-6,10,13,15H,2,7-9H2,1H3. The summed E-state index contributed by atoms with van der Waals surface area (Å²) in [7, 11) is 3.83. The Bertz CT molecular complexity index is 1280. The molecule has 4 unspecified atom stereocenters. The fourth-order valence-electron chi connectivity index (χ4n) is 6.48. The lowest BCUT2D eigenvalue weighted by Crippen LogP contribution is -2.37. The van der Waals surface area contributed by atoms with E-state index in [1.165, 1.54) is 37.1 Å². The summed E-state index contributed by atoms with van der Waals surface area (Å²) >= 11 is 0. The number of allylic oxidation sites excluding steroid dienone is 2. The number of piperidine rings is 1. The van der Waals surface area contributed by atoms with Crippen molar-refractivity contribution in [1.82, 2.24) is 10.2 Å². The van der Waals surface area contributed by atoms with E-state index in [-0.39, 0.29) is 0 Å². The number of carbonyl (C=O) groups excluding carboxylic acids is 1. The number of dihydropyridines is 1. The zero-order valence-electron chi connectivity index (χ0n) is 23.3. The monoisotopic (exact) mass is 524 g/mol. The van der Waals surface area contributed by atoms with Crippen LogP contribution in [0.1, 0.15) is 44.2 Å². The summed E-state index contributed by atoms with van der Waals surface area (Å²) < 4.78 is 5.43. The Balaban J connectivity index is 0.000000167. The van der Waals surface area contributed by atoms with Crippen molar-refractivity contribution in [2.24, 2.45) is 5.92 Å². The van der Waals surface area contributed by atoms with Crippen molar-refractivity contribution in [3.8, 4) is 5.75 Å². The molecule has 1 spiro atoms. The number of hydrogen-bond donors (Lipinski definition) is 2. The average Bonchev–Trinajstić information content (AvgIpc) is 3.58. The lowest BCUT2D eigenvalue weighted by Gasteiger charge is -2.36. The van der Waals surface area contributed by atoms with E-state index in [1.807, 2.05) is 68.5 Å². The van der Waals surface area contributed by atoms with Crippen LogP contribution in [-0.4, -0.2) is 43.5 Å². The van der Waals surface area contributed by atoms with Crippen LogP contribution in [0.3, 0.4) is 0 Å².